The van der Waals surface area contributed by atoms with Gasteiger partial charge in [0.15, 0.2) is 0 Å². The van der Waals surface area contributed by atoms with Gasteiger partial charge in [-0.25, -0.2) is 0 Å². The zero-order valence-corrected chi connectivity index (χ0v) is 14.2. The lowest BCUT2D eigenvalue weighted by molar-refractivity contribution is 0.0153. The van der Waals surface area contributed by atoms with Crippen LogP contribution in [-0.2, 0) is 4.74 Å². The summed E-state index contributed by atoms with van der Waals surface area (Å²) in [4.78, 5) is 0. The molecule has 3 nitrogen and oxygen atoms in total. The van der Waals surface area contributed by atoms with Crippen LogP contribution in [0.5, 0.6) is 5.75 Å². The molecular weight excluding hydrogens is 333 g/mol. The van der Waals surface area contributed by atoms with Gasteiger partial charge in [0.1, 0.15) is 5.75 Å². The van der Waals surface area contributed by atoms with E-state index in [1.165, 1.54) is 0 Å². The molecule has 0 unspecified atom stereocenters. The van der Waals surface area contributed by atoms with Crippen LogP contribution in [0.3, 0.4) is 0 Å². The van der Waals surface area contributed by atoms with Crippen molar-refractivity contribution in [1.82, 2.24) is 5.32 Å². The quantitative estimate of drug-likeness (QED) is 0.888. The molecule has 1 aliphatic heterocycles. The molecule has 0 aromatic heterocycles. The molecule has 23 heavy (non-hydrogen) atoms. The van der Waals surface area contributed by atoms with Gasteiger partial charge in [0.05, 0.1) is 29.4 Å². The smallest absolute Gasteiger partial charge is 0.119 e. The third-order valence-corrected chi connectivity index (χ3v) is 4.63. The second-order valence-corrected chi connectivity index (χ2v) is 6.37. The largest absolute Gasteiger partial charge is 0.493 e. The summed E-state index contributed by atoms with van der Waals surface area (Å²) in [7, 11) is 0. The molecule has 0 amide bonds. The molecule has 0 aliphatic carbocycles. The molecular formula is C18H19Cl2NO2. The van der Waals surface area contributed by atoms with Crippen molar-refractivity contribution in [3.8, 4) is 5.75 Å². The van der Waals surface area contributed by atoms with Gasteiger partial charge in [0.2, 0.25) is 0 Å². The molecule has 122 valence electrons. The van der Waals surface area contributed by atoms with Gasteiger partial charge >= 0.3 is 0 Å². The summed E-state index contributed by atoms with van der Waals surface area (Å²) in [5.41, 5.74) is 1.03. The van der Waals surface area contributed by atoms with Crippen LogP contribution in [0.25, 0.3) is 0 Å². The molecule has 5 heteroatoms. The average molecular weight is 352 g/mol. The first-order chi connectivity index (χ1) is 11.2. The summed E-state index contributed by atoms with van der Waals surface area (Å²) in [5, 5.41) is 4.50. The van der Waals surface area contributed by atoms with E-state index in [0.29, 0.717) is 23.3 Å². The van der Waals surface area contributed by atoms with E-state index in [4.69, 9.17) is 32.7 Å². The number of para-hydroxylation sites is 1. The van der Waals surface area contributed by atoms with E-state index < -0.39 is 0 Å². The van der Waals surface area contributed by atoms with E-state index in [0.717, 1.165) is 24.4 Å². The Bertz CT molecular complexity index is 636. The highest BCUT2D eigenvalue weighted by Crippen LogP contribution is 2.32. The molecule has 0 radical (unpaired) electrons. The standard InChI is InChI=1S/C18H19Cl2NO2/c19-16-7-6-13(10-17(16)20)18-14(11-21-8-9-22-18)12-23-15-4-2-1-3-5-15/h1-7,10,14,18,21H,8-9,11-12H2/t14-,18+/m1/s1. The van der Waals surface area contributed by atoms with E-state index >= 15 is 0 Å². The molecule has 2 aromatic carbocycles. The molecule has 1 saturated heterocycles. The number of ether oxygens (including phenoxy) is 2. The third kappa shape index (κ3) is 4.39. The Morgan fingerprint density at radius 2 is 1.91 bits per heavy atom. The van der Waals surface area contributed by atoms with Gasteiger partial charge in [-0.1, -0.05) is 47.5 Å². The zero-order valence-electron chi connectivity index (χ0n) is 12.7. The predicted molar refractivity (Wildman–Crippen MR) is 93.5 cm³/mol. The number of hydrogen-bond acceptors (Lipinski definition) is 3. The van der Waals surface area contributed by atoms with Gasteiger partial charge in [0.25, 0.3) is 0 Å². The van der Waals surface area contributed by atoms with Gasteiger partial charge in [-0.15, -0.1) is 0 Å². The lowest BCUT2D eigenvalue weighted by atomic mass is 9.96. The SMILES string of the molecule is Clc1ccc([C@@H]2OCCNC[C@@H]2COc2ccccc2)cc1Cl. The second kappa shape index (κ2) is 8.02. The van der Waals surface area contributed by atoms with Gasteiger partial charge in [-0.3, -0.25) is 0 Å². The van der Waals surface area contributed by atoms with Crippen LogP contribution >= 0.6 is 23.2 Å². The summed E-state index contributed by atoms with van der Waals surface area (Å²) < 4.78 is 12.0. The Kier molecular flexibility index (Phi) is 5.79. The van der Waals surface area contributed by atoms with Crippen LogP contribution in [0.4, 0.5) is 0 Å². The van der Waals surface area contributed by atoms with Crippen molar-refractivity contribution >= 4 is 23.2 Å². The number of rotatable bonds is 4. The topological polar surface area (TPSA) is 30.5 Å². The second-order valence-electron chi connectivity index (χ2n) is 5.55. The molecule has 1 heterocycles. The van der Waals surface area contributed by atoms with E-state index in [1.807, 2.05) is 48.5 Å². The van der Waals surface area contributed by atoms with Crippen LogP contribution < -0.4 is 10.1 Å². The van der Waals surface area contributed by atoms with Crippen molar-refractivity contribution in [2.24, 2.45) is 5.92 Å². The summed E-state index contributed by atoms with van der Waals surface area (Å²) in [6.07, 6.45) is -0.0662. The molecule has 1 fully saturated rings. The number of nitrogens with one attached hydrogen (secondary N) is 1. The lowest BCUT2D eigenvalue weighted by Crippen LogP contribution is -2.29. The van der Waals surface area contributed by atoms with Gasteiger partial charge in [0, 0.05) is 19.0 Å². The van der Waals surface area contributed by atoms with Crippen LogP contribution in [0.15, 0.2) is 48.5 Å². The summed E-state index contributed by atoms with van der Waals surface area (Å²) >= 11 is 12.2. The monoisotopic (exact) mass is 351 g/mol. The fraction of sp³-hybridized carbons (Fsp3) is 0.333. The minimum absolute atomic E-state index is 0.0662. The minimum atomic E-state index is -0.0662. The Morgan fingerprint density at radius 1 is 1.09 bits per heavy atom. The van der Waals surface area contributed by atoms with Crippen molar-refractivity contribution in [1.29, 1.82) is 0 Å². The zero-order chi connectivity index (χ0) is 16.1. The Morgan fingerprint density at radius 3 is 2.70 bits per heavy atom. The van der Waals surface area contributed by atoms with Crippen LogP contribution in [0.2, 0.25) is 10.0 Å². The lowest BCUT2D eigenvalue weighted by Gasteiger charge is -2.25. The van der Waals surface area contributed by atoms with Crippen molar-refractivity contribution < 1.29 is 9.47 Å². The highest BCUT2D eigenvalue weighted by molar-refractivity contribution is 6.42. The highest BCUT2D eigenvalue weighted by atomic mass is 35.5. The third-order valence-electron chi connectivity index (χ3n) is 3.89. The van der Waals surface area contributed by atoms with E-state index in [2.05, 4.69) is 5.32 Å². The number of hydrogen-bond donors (Lipinski definition) is 1. The Labute approximate surface area is 146 Å². The van der Waals surface area contributed by atoms with Crippen molar-refractivity contribution in [3.63, 3.8) is 0 Å². The Hall–Kier alpha value is -1.26. The van der Waals surface area contributed by atoms with Gasteiger partial charge in [-0.2, -0.15) is 0 Å². The molecule has 0 bridgehead atoms. The molecule has 1 N–H and O–H groups in total. The normalized spacial score (nSPS) is 21.7. The number of benzene rings is 2. The van der Waals surface area contributed by atoms with E-state index in [-0.39, 0.29) is 12.0 Å². The first-order valence-corrected chi connectivity index (χ1v) is 8.45. The maximum absolute atomic E-state index is 6.16. The van der Waals surface area contributed by atoms with Crippen molar-refractivity contribution in [2.75, 3.05) is 26.3 Å². The molecule has 3 rings (SSSR count). The predicted octanol–water partition coefficient (Wildman–Crippen LogP) is 4.35. The maximum atomic E-state index is 6.16. The fourth-order valence-corrected chi connectivity index (χ4v) is 3.02. The summed E-state index contributed by atoms with van der Waals surface area (Å²) in [5.74, 6) is 1.06. The van der Waals surface area contributed by atoms with E-state index in [9.17, 15) is 0 Å². The van der Waals surface area contributed by atoms with Gasteiger partial charge < -0.3 is 14.8 Å². The summed E-state index contributed by atoms with van der Waals surface area (Å²) in [6, 6.07) is 15.5. The van der Waals surface area contributed by atoms with Crippen LogP contribution in [-0.4, -0.2) is 26.3 Å². The van der Waals surface area contributed by atoms with Crippen molar-refractivity contribution in [3.05, 3.63) is 64.1 Å². The van der Waals surface area contributed by atoms with Crippen LogP contribution in [0.1, 0.15) is 11.7 Å². The molecule has 2 atom stereocenters. The highest BCUT2D eigenvalue weighted by Gasteiger charge is 2.27. The molecule has 0 spiro atoms. The fourth-order valence-electron chi connectivity index (χ4n) is 2.71. The van der Waals surface area contributed by atoms with Crippen molar-refractivity contribution in [2.45, 2.75) is 6.10 Å². The van der Waals surface area contributed by atoms with E-state index in [1.54, 1.807) is 0 Å². The van der Waals surface area contributed by atoms with Gasteiger partial charge in [-0.05, 0) is 29.8 Å². The summed E-state index contributed by atoms with van der Waals surface area (Å²) in [6.45, 7) is 2.89. The average Bonchev–Trinajstić information content (AvgIpc) is 2.82. The first-order valence-electron chi connectivity index (χ1n) is 7.69. The Balaban J connectivity index is 1.75. The molecule has 0 saturated carbocycles. The minimum Gasteiger partial charge on any atom is -0.493 e. The first kappa shape index (κ1) is 16.6. The van der Waals surface area contributed by atoms with Crippen LogP contribution in [0, 0.1) is 5.92 Å². The molecule has 2 aromatic rings. The number of halogens is 2. The molecule has 1 aliphatic rings. The maximum Gasteiger partial charge on any atom is 0.119 e.